The van der Waals surface area contributed by atoms with Crippen LogP contribution in [0.3, 0.4) is 0 Å². The number of nitro groups is 1. The van der Waals surface area contributed by atoms with Crippen molar-refractivity contribution in [2.75, 3.05) is 0 Å². The third kappa shape index (κ3) is 3.63. The molecule has 0 fully saturated rings. The molecule has 108 valence electrons. The van der Waals surface area contributed by atoms with E-state index in [1.54, 1.807) is 0 Å². The van der Waals surface area contributed by atoms with Crippen LogP contribution in [0.2, 0.25) is 10.0 Å². The Balaban J connectivity index is 2.31. The minimum Gasteiger partial charge on any atom is -0.478 e. The van der Waals surface area contributed by atoms with Gasteiger partial charge in [-0.05, 0) is 12.1 Å². The van der Waals surface area contributed by atoms with Crippen LogP contribution in [-0.2, 0) is 0 Å². The molecule has 0 bridgehead atoms. The monoisotopic (exact) mass is 344 g/mol. The number of carboxylic acids is 1. The number of aromatic nitrogens is 1. The molecule has 2 aromatic rings. The normalized spacial score (nSPS) is 10.4. The van der Waals surface area contributed by atoms with E-state index >= 15 is 0 Å². The summed E-state index contributed by atoms with van der Waals surface area (Å²) in [7, 11) is 0. The first-order valence-electron chi connectivity index (χ1n) is 5.39. The Morgan fingerprint density at radius 3 is 2.33 bits per heavy atom. The lowest BCUT2D eigenvalue weighted by molar-refractivity contribution is -0.384. The molecular formula is C12H6Cl2N2O4S. The van der Waals surface area contributed by atoms with Crippen molar-refractivity contribution in [2.24, 2.45) is 0 Å². The zero-order valence-corrected chi connectivity index (χ0v) is 12.4. The highest BCUT2D eigenvalue weighted by Gasteiger charge is 2.16. The van der Waals surface area contributed by atoms with E-state index in [0.717, 1.165) is 11.8 Å². The van der Waals surface area contributed by atoms with Crippen LogP contribution in [0.15, 0.2) is 40.4 Å². The van der Waals surface area contributed by atoms with E-state index in [9.17, 15) is 14.9 Å². The van der Waals surface area contributed by atoms with Crippen molar-refractivity contribution < 1.29 is 14.8 Å². The van der Waals surface area contributed by atoms with Gasteiger partial charge in [-0.2, -0.15) is 0 Å². The molecule has 9 heteroatoms. The summed E-state index contributed by atoms with van der Waals surface area (Å²) in [6.07, 6.45) is 1.21. The quantitative estimate of drug-likeness (QED) is 0.661. The second-order valence-corrected chi connectivity index (χ2v) is 5.63. The lowest BCUT2D eigenvalue weighted by atomic mass is 10.3. The second-order valence-electron chi connectivity index (χ2n) is 3.79. The first kappa shape index (κ1) is 15.6. The number of pyridine rings is 1. The molecule has 1 N–H and O–H groups in total. The Morgan fingerprint density at radius 2 is 1.90 bits per heavy atom. The molecule has 6 nitrogen and oxygen atoms in total. The molecule has 0 unspecified atom stereocenters. The predicted octanol–water partition coefficient (Wildman–Crippen LogP) is 4.15. The van der Waals surface area contributed by atoms with Gasteiger partial charge in [0.2, 0.25) is 0 Å². The number of carboxylic acid groups (broad SMARTS) is 1. The van der Waals surface area contributed by atoms with E-state index in [4.69, 9.17) is 28.3 Å². The number of aromatic carboxylic acids is 1. The Labute approximate surface area is 132 Å². The highest BCUT2D eigenvalue weighted by molar-refractivity contribution is 7.99. The first-order valence-corrected chi connectivity index (χ1v) is 6.96. The average molecular weight is 345 g/mol. The molecule has 0 spiro atoms. The topological polar surface area (TPSA) is 93.3 Å². The van der Waals surface area contributed by atoms with Gasteiger partial charge in [0.25, 0.3) is 5.69 Å². The molecule has 0 aliphatic carbocycles. The van der Waals surface area contributed by atoms with E-state index in [1.165, 1.54) is 30.5 Å². The maximum Gasteiger partial charge on any atom is 0.337 e. The molecule has 0 aliphatic heterocycles. The van der Waals surface area contributed by atoms with Crippen LogP contribution in [0.1, 0.15) is 10.4 Å². The van der Waals surface area contributed by atoms with Crippen LogP contribution in [0.4, 0.5) is 5.69 Å². The SMILES string of the molecule is O=C(O)c1ccc(Sc2c(Cl)cc([N+](=O)[O-])cc2Cl)nc1. The van der Waals surface area contributed by atoms with E-state index in [2.05, 4.69) is 4.98 Å². The number of hydrogen-bond acceptors (Lipinski definition) is 5. The fourth-order valence-corrected chi connectivity index (χ4v) is 2.89. The second kappa shape index (κ2) is 6.30. The molecule has 0 atom stereocenters. The van der Waals surface area contributed by atoms with Gasteiger partial charge in [0.05, 0.1) is 25.4 Å². The summed E-state index contributed by atoms with van der Waals surface area (Å²) in [6, 6.07) is 5.29. The van der Waals surface area contributed by atoms with Crippen LogP contribution >= 0.6 is 35.0 Å². The molecule has 0 amide bonds. The minimum absolute atomic E-state index is 0.0558. The lowest BCUT2D eigenvalue weighted by Crippen LogP contribution is -1.96. The molecular weight excluding hydrogens is 339 g/mol. The predicted molar refractivity (Wildman–Crippen MR) is 78.4 cm³/mol. The maximum atomic E-state index is 10.7. The largest absolute Gasteiger partial charge is 0.478 e. The zero-order valence-electron chi connectivity index (χ0n) is 10.1. The Kier molecular flexibility index (Phi) is 4.66. The number of non-ortho nitro benzene ring substituents is 1. The molecule has 0 saturated carbocycles. The number of hydrogen-bond donors (Lipinski definition) is 1. The molecule has 0 saturated heterocycles. The van der Waals surface area contributed by atoms with Gasteiger partial charge in [-0.25, -0.2) is 9.78 Å². The smallest absolute Gasteiger partial charge is 0.337 e. The van der Waals surface area contributed by atoms with Gasteiger partial charge in [0, 0.05) is 18.3 Å². The fourth-order valence-electron chi connectivity index (χ4n) is 1.42. The van der Waals surface area contributed by atoms with Crippen molar-refractivity contribution in [1.29, 1.82) is 0 Å². The first-order chi connectivity index (χ1) is 9.88. The highest BCUT2D eigenvalue weighted by atomic mass is 35.5. The summed E-state index contributed by atoms with van der Waals surface area (Å²) in [5.74, 6) is -1.08. The maximum absolute atomic E-state index is 10.7. The van der Waals surface area contributed by atoms with Gasteiger partial charge in [-0.3, -0.25) is 10.1 Å². The number of benzene rings is 1. The third-order valence-electron chi connectivity index (χ3n) is 2.38. The van der Waals surface area contributed by atoms with Gasteiger partial charge in [0.1, 0.15) is 5.03 Å². The summed E-state index contributed by atoms with van der Waals surface area (Å²) in [6.45, 7) is 0. The summed E-state index contributed by atoms with van der Waals surface area (Å²) in [5, 5.41) is 20.2. The van der Waals surface area contributed by atoms with E-state index in [-0.39, 0.29) is 21.3 Å². The number of carbonyl (C=O) groups is 1. The molecule has 2 rings (SSSR count). The summed E-state index contributed by atoms with van der Waals surface area (Å²) in [5.41, 5.74) is -0.149. The van der Waals surface area contributed by atoms with E-state index in [1.807, 2.05) is 0 Å². The number of nitro benzene ring substituents is 1. The van der Waals surface area contributed by atoms with E-state index in [0.29, 0.717) is 9.92 Å². The van der Waals surface area contributed by atoms with Crippen molar-refractivity contribution >= 4 is 46.6 Å². The zero-order chi connectivity index (χ0) is 15.6. The van der Waals surface area contributed by atoms with Gasteiger partial charge in [-0.1, -0.05) is 35.0 Å². The average Bonchev–Trinajstić information content (AvgIpc) is 2.43. The van der Waals surface area contributed by atoms with Crippen LogP contribution in [-0.4, -0.2) is 21.0 Å². The van der Waals surface area contributed by atoms with Gasteiger partial charge >= 0.3 is 5.97 Å². The Hall–Kier alpha value is -1.83. The van der Waals surface area contributed by atoms with Crippen molar-refractivity contribution in [3.8, 4) is 0 Å². The van der Waals surface area contributed by atoms with Gasteiger partial charge < -0.3 is 5.11 Å². The lowest BCUT2D eigenvalue weighted by Gasteiger charge is -2.06. The fraction of sp³-hybridized carbons (Fsp3) is 0. The standard InChI is InChI=1S/C12H6Cl2N2O4S/c13-8-3-7(16(19)20)4-9(14)11(8)21-10-2-1-6(5-15-10)12(17)18/h1-5H,(H,17,18). The van der Waals surface area contributed by atoms with Crippen molar-refractivity contribution in [2.45, 2.75) is 9.92 Å². The van der Waals surface area contributed by atoms with Crippen LogP contribution in [0, 0.1) is 10.1 Å². The Morgan fingerprint density at radius 1 is 1.29 bits per heavy atom. The molecule has 0 radical (unpaired) electrons. The summed E-state index contributed by atoms with van der Waals surface area (Å²) >= 11 is 13.0. The van der Waals surface area contributed by atoms with Gasteiger partial charge in [-0.15, -0.1) is 0 Å². The molecule has 1 aromatic heterocycles. The molecule has 21 heavy (non-hydrogen) atoms. The number of nitrogens with zero attached hydrogens (tertiary/aromatic N) is 2. The van der Waals surface area contributed by atoms with Crippen molar-refractivity contribution in [3.05, 3.63) is 56.2 Å². The third-order valence-corrected chi connectivity index (χ3v) is 4.30. The minimum atomic E-state index is -1.08. The van der Waals surface area contributed by atoms with Crippen molar-refractivity contribution in [1.82, 2.24) is 4.98 Å². The number of halogens is 2. The van der Waals surface area contributed by atoms with Crippen molar-refractivity contribution in [3.63, 3.8) is 0 Å². The highest BCUT2D eigenvalue weighted by Crippen LogP contribution is 2.40. The molecule has 1 heterocycles. The Bertz CT molecular complexity index is 699. The molecule has 0 aliphatic rings. The van der Waals surface area contributed by atoms with Gasteiger partial charge in [0.15, 0.2) is 0 Å². The summed E-state index contributed by atoms with van der Waals surface area (Å²) in [4.78, 5) is 25.2. The van der Waals surface area contributed by atoms with Crippen LogP contribution < -0.4 is 0 Å². The van der Waals surface area contributed by atoms with Crippen LogP contribution in [0.5, 0.6) is 0 Å². The molecule has 1 aromatic carbocycles. The van der Waals surface area contributed by atoms with E-state index < -0.39 is 10.9 Å². The van der Waals surface area contributed by atoms with Crippen LogP contribution in [0.25, 0.3) is 0 Å². The summed E-state index contributed by atoms with van der Waals surface area (Å²) < 4.78 is 0. The number of rotatable bonds is 4.